The number of benzene rings is 1. The highest BCUT2D eigenvalue weighted by Gasteiger charge is 2.05. The molecule has 0 unspecified atom stereocenters. The molecule has 2 rings (SSSR count). The zero-order valence-electron chi connectivity index (χ0n) is 9.61. The van der Waals surface area contributed by atoms with E-state index in [4.69, 9.17) is 5.73 Å². The Hall–Kier alpha value is -2.37. The maximum atomic E-state index is 12.7. The SMILES string of the molecule is Nc1cc(CC(=O)NCc2ccc(F)cc2)[nH]n1. The number of aromatic nitrogens is 2. The molecule has 0 aliphatic heterocycles. The van der Waals surface area contributed by atoms with Crippen molar-refractivity contribution in [1.82, 2.24) is 15.5 Å². The highest BCUT2D eigenvalue weighted by molar-refractivity contribution is 5.78. The standard InChI is InChI=1S/C12H13FN4O/c13-9-3-1-8(2-4-9)7-15-12(18)6-10-5-11(14)17-16-10/h1-5H,6-7H2,(H,15,18)(H3,14,16,17). The van der Waals surface area contributed by atoms with Gasteiger partial charge in [0.25, 0.3) is 0 Å². The second-order valence-electron chi connectivity index (χ2n) is 3.90. The van der Waals surface area contributed by atoms with Crippen LogP contribution in [0.2, 0.25) is 0 Å². The number of carbonyl (C=O) groups is 1. The molecule has 0 aliphatic rings. The molecule has 0 radical (unpaired) electrons. The van der Waals surface area contributed by atoms with Gasteiger partial charge >= 0.3 is 0 Å². The van der Waals surface area contributed by atoms with Crippen molar-refractivity contribution in [3.05, 3.63) is 47.4 Å². The van der Waals surface area contributed by atoms with Gasteiger partial charge in [0.05, 0.1) is 6.42 Å². The smallest absolute Gasteiger partial charge is 0.226 e. The van der Waals surface area contributed by atoms with Crippen molar-refractivity contribution in [3.8, 4) is 0 Å². The van der Waals surface area contributed by atoms with Gasteiger partial charge in [0.15, 0.2) is 0 Å². The third kappa shape index (κ3) is 3.31. The van der Waals surface area contributed by atoms with Crippen LogP contribution in [0.5, 0.6) is 0 Å². The van der Waals surface area contributed by atoms with Gasteiger partial charge < -0.3 is 11.1 Å². The fourth-order valence-electron chi connectivity index (χ4n) is 1.51. The summed E-state index contributed by atoms with van der Waals surface area (Å²) in [4.78, 5) is 11.6. The fourth-order valence-corrected chi connectivity index (χ4v) is 1.51. The molecule has 94 valence electrons. The zero-order valence-corrected chi connectivity index (χ0v) is 9.61. The van der Waals surface area contributed by atoms with E-state index in [1.807, 2.05) is 0 Å². The molecule has 0 saturated carbocycles. The number of nitrogens with zero attached hydrogens (tertiary/aromatic N) is 1. The molecule has 0 atom stereocenters. The number of nitrogens with two attached hydrogens (primary N) is 1. The molecule has 1 aromatic heterocycles. The lowest BCUT2D eigenvalue weighted by Gasteiger charge is -2.04. The highest BCUT2D eigenvalue weighted by atomic mass is 19.1. The Morgan fingerprint density at radius 3 is 2.72 bits per heavy atom. The lowest BCUT2D eigenvalue weighted by Crippen LogP contribution is -2.24. The predicted octanol–water partition coefficient (Wildman–Crippen LogP) is 0.990. The van der Waals surface area contributed by atoms with Crippen LogP contribution in [0.25, 0.3) is 0 Å². The van der Waals surface area contributed by atoms with E-state index in [2.05, 4.69) is 15.5 Å². The molecule has 6 heteroatoms. The molecule has 4 N–H and O–H groups in total. The average molecular weight is 248 g/mol. The number of nitrogens with one attached hydrogen (secondary N) is 2. The van der Waals surface area contributed by atoms with Gasteiger partial charge in [0.2, 0.25) is 5.91 Å². The van der Waals surface area contributed by atoms with Crippen LogP contribution < -0.4 is 11.1 Å². The summed E-state index contributed by atoms with van der Waals surface area (Å²) >= 11 is 0. The fraction of sp³-hybridized carbons (Fsp3) is 0.167. The highest BCUT2D eigenvalue weighted by Crippen LogP contribution is 2.03. The number of amides is 1. The minimum absolute atomic E-state index is 0.150. The number of aromatic amines is 1. The van der Waals surface area contributed by atoms with Crippen molar-refractivity contribution >= 4 is 11.7 Å². The van der Waals surface area contributed by atoms with Crippen molar-refractivity contribution in [3.63, 3.8) is 0 Å². The number of carbonyl (C=O) groups excluding carboxylic acids is 1. The van der Waals surface area contributed by atoms with Gasteiger partial charge in [0.1, 0.15) is 11.6 Å². The maximum Gasteiger partial charge on any atom is 0.226 e. The van der Waals surface area contributed by atoms with E-state index >= 15 is 0 Å². The molecule has 1 amide bonds. The van der Waals surface area contributed by atoms with Crippen molar-refractivity contribution in [2.24, 2.45) is 0 Å². The van der Waals surface area contributed by atoms with Gasteiger partial charge in [-0.05, 0) is 17.7 Å². The first-order chi connectivity index (χ1) is 8.63. The number of nitrogen functional groups attached to an aromatic ring is 1. The minimum atomic E-state index is -0.294. The van der Waals surface area contributed by atoms with E-state index in [9.17, 15) is 9.18 Å². The molecule has 2 aromatic rings. The molecule has 1 heterocycles. The summed E-state index contributed by atoms with van der Waals surface area (Å²) in [6.07, 6.45) is 0.186. The van der Waals surface area contributed by atoms with E-state index in [0.29, 0.717) is 18.1 Å². The topological polar surface area (TPSA) is 83.8 Å². The maximum absolute atomic E-state index is 12.7. The number of rotatable bonds is 4. The average Bonchev–Trinajstić information content (AvgIpc) is 2.74. The van der Waals surface area contributed by atoms with Gasteiger partial charge in [-0.15, -0.1) is 0 Å². The third-order valence-corrected chi connectivity index (χ3v) is 2.40. The van der Waals surface area contributed by atoms with Crippen LogP contribution in [-0.4, -0.2) is 16.1 Å². The second kappa shape index (κ2) is 5.31. The van der Waals surface area contributed by atoms with Crippen LogP contribution >= 0.6 is 0 Å². The lowest BCUT2D eigenvalue weighted by atomic mass is 10.2. The molecule has 0 aliphatic carbocycles. The Bertz CT molecular complexity index is 535. The zero-order chi connectivity index (χ0) is 13.0. The van der Waals surface area contributed by atoms with Crippen molar-refractivity contribution in [1.29, 1.82) is 0 Å². The molecular formula is C12H13FN4O. The summed E-state index contributed by atoms with van der Waals surface area (Å²) in [5.74, 6) is -0.0858. The monoisotopic (exact) mass is 248 g/mol. The van der Waals surface area contributed by atoms with E-state index in [1.165, 1.54) is 12.1 Å². The van der Waals surface area contributed by atoms with Crippen LogP contribution in [0.1, 0.15) is 11.3 Å². The van der Waals surface area contributed by atoms with E-state index in [-0.39, 0.29) is 18.1 Å². The van der Waals surface area contributed by atoms with E-state index in [0.717, 1.165) is 5.56 Å². The summed E-state index contributed by atoms with van der Waals surface area (Å²) < 4.78 is 12.7. The molecule has 5 nitrogen and oxygen atoms in total. The summed E-state index contributed by atoms with van der Waals surface area (Å²) in [7, 11) is 0. The number of H-pyrrole nitrogens is 1. The largest absolute Gasteiger partial charge is 0.382 e. The Morgan fingerprint density at radius 1 is 1.39 bits per heavy atom. The Kier molecular flexibility index (Phi) is 3.57. The summed E-state index contributed by atoms with van der Waals surface area (Å²) in [5, 5.41) is 9.11. The van der Waals surface area contributed by atoms with E-state index in [1.54, 1.807) is 18.2 Å². The summed E-state index contributed by atoms with van der Waals surface area (Å²) in [6.45, 7) is 0.364. The Balaban J connectivity index is 1.83. The van der Waals surface area contributed by atoms with Gasteiger partial charge in [-0.2, -0.15) is 5.10 Å². The first-order valence-corrected chi connectivity index (χ1v) is 5.44. The molecular weight excluding hydrogens is 235 g/mol. The molecule has 18 heavy (non-hydrogen) atoms. The number of hydrogen-bond acceptors (Lipinski definition) is 3. The Labute approximate surface area is 103 Å². The molecule has 1 aromatic carbocycles. The van der Waals surface area contributed by atoms with Gasteiger partial charge in [-0.3, -0.25) is 9.89 Å². The normalized spacial score (nSPS) is 10.3. The number of halogens is 1. The van der Waals surface area contributed by atoms with Gasteiger partial charge in [-0.25, -0.2) is 4.39 Å². The van der Waals surface area contributed by atoms with Gasteiger partial charge in [-0.1, -0.05) is 12.1 Å². The number of anilines is 1. The number of hydrogen-bond donors (Lipinski definition) is 3. The molecule has 0 spiro atoms. The third-order valence-electron chi connectivity index (χ3n) is 2.40. The molecule has 0 fully saturated rings. The van der Waals surface area contributed by atoms with Crippen molar-refractivity contribution < 1.29 is 9.18 Å². The predicted molar refractivity (Wildman–Crippen MR) is 65.0 cm³/mol. The van der Waals surface area contributed by atoms with E-state index < -0.39 is 0 Å². The Morgan fingerprint density at radius 2 is 2.11 bits per heavy atom. The summed E-state index contributed by atoms with van der Waals surface area (Å²) in [6, 6.07) is 7.58. The lowest BCUT2D eigenvalue weighted by molar-refractivity contribution is -0.120. The van der Waals surface area contributed by atoms with Crippen LogP contribution in [-0.2, 0) is 17.8 Å². The van der Waals surface area contributed by atoms with Crippen LogP contribution in [0.15, 0.2) is 30.3 Å². The van der Waals surface area contributed by atoms with Crippen molar-refractivity contribution in [2.45, 2.75) is 13.0 Å². The molecule has 0 bridgehead atoms. The first-order valence-electron chi connectivity index (χ1n) is 5.44. The summed E-state index contributed by atoms with van der Waals surface area (Å²) in [5.41, 5.74) is 6.92. The van der Waals surface area contributed by atoms with Crippen molar-refractivity contribution in [2.75, 3.05) is 5.73 Å². The minimum Gasteiger partial charge on any atom is -0.382 e. The quantitative estimate of drug-likeness (QED) is 0.754. The van der Waals surface area contributed by atoms with Crippen LogP contribution in [0.3, 0.4) is 0 Å². The van der Waals surface area contributed by atoms with Gasteiger partial charge in [0, 0.05) is 18.3 Å². The second-order valence-corrected chi connectivity index (χ2v) is 3.90. The van der Waals surface area contributed by atoms with Crippen LogP contribution in [0.4, 0.5) is 10.2 Å². The van der Waals surface area contributed by atoms with Crippen LogP contribution in [0, 0.1) is 5.82 Å². The first kappa shape index (κ1) is 12.1. The molecule has 0 saturated heterocycles.